The Hall–Kier alpha value is -1.85. The maximum absolute atomic E-state index is 11.5. The van der Waals surface area contributed by atoms with Crippen molar-refractivity contribution in [3.8, 4) is 11.3 Å². The average molecular weight is 309 g/mol. The Balaban J connectivity index is 2.81. The third-order valence-corrected chi connectivity index (χ3v) is 3.52. The number of aromatic carboxylic acids is 1. The van der Waals surface area contributed by atoms with Crippen LogP contribution >= 0.6 is 11.6 Å². The standard InChI is InChI=1S/C15H17ClN2O3/c1-8(2)18-12(7-19)17-13(15(20)21)14(18)11-5-4-10(16)6-9(11)3/h4-6,8,19H,7H2,1-3H3,(H,20,21). The van der Waals surface area contributed by atoms with Crippen molar-refractivity contribution in [2.75, 3.05) is 0 Å². The van der Waals surface area contributed by atoms with E-state index in [4.69, 9.17) is 11.6 Å². The van der Waals surface area contributed by atoms with E-state index >= 15 is 0 Å². The van der Waals surface area contributed by atoms with Gasteiger partial charge in [-0.3, -0.25) is 0 Å². The molecule has 1 heterocycles. The van der Waals surface area contributed by atoms with Crippen molar-refractivity contribution >= 4 is 17.6 Å². The fourth-order valence-electron chi connectivity index (χ4n) is 2.45. The van der Waals surface area contributed by atoms with Crippen LogP contribution in [-0.4, -0.2) is 25.7 Å². The smallest absolute Gasteiger partial charge is 0.356 e. The van der Waals surface area contributed by atoms with Gasteiger partial charge in [0, 0.05) is 16.6 Å². The number of rotatable bonds is 4. The number of carbonyl (C=O) groups is 1. The van der Waals surface area contributed by atoms with Crippen LogP contribution in [0.25, 0.3) is 11.3 Å². The lowest BCUT2D eigenvalue weighted by Crippen LogP contribution is -2.09. The molecular formula is C15H17ClN2O3. The maximum Gasteiger partial charge on any atom is 0.356 e. The number of aromatic nitrogens is 2. The van der Waals surface area contributed by atoms with Crippen LogP contribution in [0, 0.1) is 6.92 Å². The molecule has 2 aromatic rings. The molecule has 1 aromatic heterocycles. The topological polar surface area (TPSA) is 75.3 Å². The molecule has 0 fully saturated rings. The molecular weight excluding hydrogens is 292 g/mol. The number of aliphatic hydroxyl groups is 1. The highest BCUT2D eigenvalue weighted by Gasteiger charge is 2.25. The zero-order chi connectivity index (χ0) is 15.7. The summed E-state index contributed by atoms with van der Waals surface area (Å²) in [4.78, 5) is 15.6. The van der Waals surface area contributed by atoms with Crippen LogP contribution in [0.3, 0.4) is 0 Å². The highest BCUT2D eigenvalue weighted by Crippen LogP contribution is 2.32. The fraction of sp³-hybridized carbons (Fsp3) is 0.333. The summed E-state index contributed by atoms with van der Waals surface area (Å²) in [6.07, 6.45) is 0. The van der Waals surface area contributed by atoms with Crippen LogP contribution in [0.15, 0.2) is 18.2 Å². The zero-order valence-electron chi connectivity index (χ0n) is 12.1. The first-order chi connectivity index (χ1) is 9.86. The number of carboxylic acid groups (broad SMARTS) is 1. The largest absolute Gasteiger partial charge is 0.476 e. The molecule has 0 saturated heterocycles. The van der Waals surface area contributed by atoms with Gasteiger partial charge in [0.25, 0.3) is 0 Å². The number of aryl methyl sites for hydroxylation is 1. The van der Waals surface area contributed by atoms with Crippen molar-refractivity contribution in [2.45, 2.75) is 33.4 Å². The maximum atomic E-state index is 11.5. The number of carboxylic acids is 1. The lowest BCUT2D eigenvalue weighted by Gasteiger charge is -2.16. The van der Waals surface area contributed by atoms with Gasteiger partial charge in [0.15, 0.2) is 5.69 Å². The van der Waals surface area contributed by atoms with Gasteiger partial charge in [-0.1, -0.05) is 17.7 Å². The molecule has 0 bridgehead atoms. The predicted molar refractivity (Wildman–Crippen MR) is 80.7 cm³/mol. The number of benzene rings is 1. The number of halogens is 1. The summed E-state index contributed by atoms with van der Waals surface area (Å²) in [7, 11) is 0. The molecule has 0 atom stereocenters. The SMILES string of the molecule is Cc1cc(Cl)ccc1-c1c(C(=O)O)nc(CO)n1C(C)C. The van der Waals surface area contributed by atoms with E-state index in [-0.39, 0.29) is 18.3 Å². The van der Waals surface area contributed by atoms with E-state index < -0.39 is 5.97 Å². The van der Waals surface area contributed by atoms with Gasteiger partial charge < -0.3 is 14.8 Å². The van der Waals surface area contributed by atoms with Crippen LogP contribution in [0.4, 0.5) is 0 Å². The third kappa shape index (κ3) is 2.80. The van der Waals surface area contributed by atoms with Crippen molar-refractivity contribution in [2.24, 2.45) is 0 Å². The van der Waals surface area contributed by atoms with E-state index in [0.29, 0.717) is 16.5 Å². The minimum absolute atomic E-state index is 0.0298. The molecule has 0 radical (unpaired) electrons. The monoisotopic (exact) mass is 308 g/mol. The fourth-order valence-corrected chi connectivity index (χ4v) is 2.67. The van der Waals surface area contributed by atoms with E-state index in [1.54, 1.807) is 22.8 Å². The Bertz CT molecular complexity index is 692. The second-order valence-electron chi connectivity index (χ2n) is 5.11. The Morgan fingerprint density at radius 2 is 2.10 bits per heavy atom. The minimum atomic E-state index is -1.12. The summed E-state index contributed by atoms with van der Waals surface area (Å²) < 4.78 is 1.75. The van der Waals surface area contributed by atoms with Crippen LogP contribution in [0.1, 0.15) is 41.8 Å². The van der Waals surface area contributed by atoms with Crippen molar-refractivity contribution in [1.82, 2.24) is 9.55 Å². The first kappa shape index (κ1) is 15.5. The van der Waals surface area contributed by atoms with Crippen molar-refractivity contribution < 1.29 is 15.0 Å². The normalized spacial score (nSPS) is 11.1. The summed E-state index contributed by atoms with van der Waals surface area (Å²) in [6, 6.07) is 5.24. The minimum Gasteiger partial charge on any atom is -0.476 e. The molecule has 0 saturated carbocycles. The first-order valence-corrected chi connectivity index (χ1v) is 6.96. The summed E-state index contributed by atoms with van der Waals surface area (Å²) in [5, 5.41) is 19.4. The van der Waals surface area contributed by atoms with E-state index in [2.05, 4.69) is 4.98 Å². The number of aliphatic hydroxyl groups excluding tert-OH is 1. The Kier molecular flexibility index (Phi) is 4.34. The molecule has 0 amide bonds. The van der Waals surface area contributed by atoms with E-state index in [1.165, 1.54) is 0 Å². The second-order valence-corrected chi connectivity index (χ2v) is 5.55. The van der Waals surface area contributed by atoms with Gasteiger partial charge in [-0.15, -0.1) is 0 Å². The Morgan fingerprint density at radius 1 is 1.43 bits per heavy atom. The highest BCUT2D eigenvalue weighted by molar-refractivity contribution is 6.30. The van der Waals surface area contributed by atoms with E-state index in [1.807, 2.05) is 20.8 Å². The van der Waals surface area contributed by atoms with Gasteiger partial charge in [0.2, 0.25) is 0 Å². The number of imidazole rings is 1. The molecule has 0 aliphatic heterocycles. The summed E-state index contributed by atoms with van der Waals surface area (Å²) in [6.45, 7) is 5.39. The van der Waals surface area contributed by atoms with E-state index in [9.17, 15) is 15.0 Å². The van der Waals surface area contributed by atoms with Crippen LogP contribution in [0.2, 0.25) is 5.02 Å². The van der Waals surface area contributed by atoms with Gasteiger partial charge in [-0.05, 0) is 38.5 Å². The molecule has 0 aliphatic rings. The van der Waals surface area contributed by atoms with Crippen LogP contribution in [0.5, 0.6) is 0 Å². The van der Waals surface area contributed by atoms with Crippen LogP contribution in [-0.2, 0) is 6.61 Å². The quantitative estimate of drug-likeness (QED) is 0.909. The molecule has 0 aliphatic carbocycles. The second kappa shape index (κ2) is 5.87. The number of nitrogens with zero attached hydrogens (tertiary/aromatic N) is 2. The molecule has 6 heteroatoms. The lowest BCUT2D eigenvalue weighted by atomic mass is 10.0. The summed E-state index contributed by atoms with van der Waals surface area (Å²) >= 11 is 5.96. The molecule has 2 rings (SSSR count). The molecule has 0 spiro atoms. The molecule has 1 aromatic carbocycles. The molecule has 0 unspecified atom stereocenters. The number of hydrogen-bond acceptors (Lipinski definition) is 3. The van der Waals surface area contributed by atoms with Gasteiger partial charge in [0.05, 0.1) is 5.69 Å². The molecule has 5 nitrogen and oxygen atoms in total. The van der Waals surface area contributed by atoms with Crippen LogP contribution < -0.4 is 0 Å². The highest BCUT2D eigenvalue weighted by atomic mass is 35.5. The van der Waals surface area contributed by atoms with Gasteiger partial charge in [-0.25, -0.2) is 9.78 Å². The zero-order valence-corrected chi connectivity index (χ0v) is 12.8. The molecule has 2 N–H and O–H groups in total. The molecule has 21 heavy (non-hydrogen) atoms. The van der Waals surface area contributed by atoms with Crippen molar-refractivity contribution in [1.29, 1.82) is 0 Å². The average Bonchev–Trinajstić information content (AvgIpc) is 2.78. The Labute approximate surface area is 127 Å². The van der Waals surface area contributed by atoms with Gasteiger partial charge >= 0.3 is 5.97 Å². The lowest BCUT2D eigenvalue weighted by molar-refractivity contribution is 0.0691. The van der Waals surface area contributed by atoms with Crippen molar-refractivity contribution in [3.05, 3.63) is 40.3 Å². The predicted octanol–water partition coefficient (Wildman–Crippen LogP) is 3.28. The van der Waals surface area contributed by atoms with Gasteiger partial charge in [-0.2, -0.15) is 0 Å². The van der Waals surface area contributed by atoms with E-state index in [0.717, 1.165) is 11.1 Å². The number of hydrogen-bond donors (Lipinski definition) is 2. The molecule has 112 valence electrons. The summed E-state index contributed by atoms with van der Waals surface area (Å²) in [5.41, 5.74) is 2.04. The third-order valence-electron chi connectivity index (χ3n) is 3.29. The van der Waals surface area contributed by atoms with Gasteiger partial charge in [0.1, 0.15) is 12.4 Å². The Morgan fingerprint density at radius 3 is 2.57 bits per heavy atom. The summed E-state index contributed by atoms with van der Waals surface area (Å²) in [5.74, 6) is -0.778. The van der Waals surface area contributed by atoms with Crippen molar-refractivity contribution in [3.63, 3.8) is 0 Å². The first-order valence-electron chi connectivity index (χ1n) is 6.58.